The Hall–Kier alpha value is -3.30. The predicted molar refractivity (Wildman–Crippen MR) is 340 cm³/mol. The highest BCUT2D eigenvalue weighted by atomic mass is 16.7. The zero-order chi connectivity index (χ0) is 65.7. The van der Waals surface area contributed by atoms with E-state index in [1.165, 1.54) is 0 Å². The Morgan fingerprint density at radius 3 is 0.913 bits per heavy atom. The normalized spacial score (nSPS) is 27.0. The number of carbonyl (C=O) groups is 6. The number of nitrogens with one attached hydrogen (secondary N) is 3. The number of hydrogen-bond donors (Lipinski definition) is 12. The van der Waals surface area contributed by atoms with Crippen LogP contribution in [0.3, 0.4) is 0 Å². The lowest BCUT2D eigenvalue weighted by Crippen LogP contribution is -2.55. The molecule has 0 radical (unpaired) electrons. The first-order valence-corrected chi connectivity index (χ1v) is 32.4. The van der Waals surface area contributed by atoms with Crippen LogP contribution in [0, 0.1) is 29.1 Å². The lowest BCUT2D eigenvalue weighted by molar-refractivity contribution is -0.282. The third-order valence-electron chi connectivity index (χ3n) is 16.3. The van der Waals surface area contributed by atoms with Crippen molar-refractivity contribution in [3.8, 4) is 0 Å². The van der Waals surface area contributed by atoms with Crippen LogP contribution < -0.4 is 16.0 Å². The van der Waals surface area contributed by atoms with Crippen LogP contribution in [0.25, 0.3) is 0 Å². The Labute approximate surface area is 547 Å². The number of ketones is 3. The van der Waals surface area contributed by atoms with Crippen LogP contribution in [0.15, 0.2) is 0 Å². The molecule has 0 aromatic heterocycles. The van der Waals surface area contributed by atoms with E-state index in [1.807, 2.05) is 13.8 Å². The summed E-state index contributed by atoms with van der Waals surface area (Å²) in [5, 5.41) is 97.6. The van der Waals surface area contributed by atoms with E-state index in [-0.39, 0.29) is 181 Å². The molecule has 0 bridgehead atoms. The van der Waals surface area contributed by atoms with Crippen LogP contribution in [0.1, 0.15) is 179 Å². The Balaban J connectivity index is 0.0000276. The molecule has 0 aromatic carbocycles. The maximum Gasteiger partial charge on any atom is 0.219 e. The fraction of sp³-hybridized carbons (Fsp3) is 0.908. The second-order valence-electron chi connectivity index (χ2n) is 24.7. The molecule has 3 rings (SSSR count). The van der Waals surface area contributed by atoms with E-state index in [9.17, 15) is 74.7 Å². The summed E-state index contributed by atoms with van der Waals surface area (Å²) in [5.41, 5.74) is -0.697. The van der Waals surface area contributed by atoms with Gasteiger partial charge in [-0.05, 0) is 70.1 Å². The van der Waals surface area contributed by atoms with E-state index in [0.29, 0.717) is 83.8 Å². The molecule has 27 heteroatoms. The van der Waals surface area contributed by atoms with Gasteiger partial charge in [0.2, 0.25) is 17.7 Å². The van der Waals surface area contributed by atoms with Crippen molar-refractivity contribution in [2.75, 3.05) is 98.9 Å². The molecule has 3 aliphatic heterocycles. The average molecular weight is 1330 g/mol. The van der Waals surface area contributed by atoms with Crippen molar-refractivity contribution < 1.29 is 117 Å². The van der Waals surface area contributed by atoms with Crippen molar-refractivity contribution in [2.24, 2.45) is 29.1 Å². The molecule has 27 nitrogen and oxygen atoms in total. The number of carbonyl (C=O) groups excluding carboxylic acids is 6. The fourth-order valence-electron chi connectivity index (χ4n) is 10.8. The molecule has 0 aromatic rings. The number of hydrogen-bond acceptors (Lipinski definition) is 24. The topological polar surface area (TPSA) is 404 Å². The molecule has 3 amide bonds. The van der Waals surface area contributed by atoms with Gasteiger partial charge in [-0.2, -0.15) is 0 Å². The minimum Gasteiger partial charge on any atom is -0.394 e. The van der Waals surface area contributed by atoms with Crippen LogP contribution in [0.2, 0.25) is 0 Å². The smallest absolute Gasteiger partial charge is 0.219 e. The van der Waals surface area contributed by atoms with Gasteiger partial charge in [-0.15, -0.1) is 0 Å². The maximum absolute atomic E-state index is 12.9. The van der Waals surface area contributed by atoms with Gasteiger partial charge in [0.25, 0.3) is 0 Å². The number of unbranched alkanes of at least 4 members (excludes halogenated alkanes) is 3. The van der Waals surface area contributed by atoms with E-state index >= 15 is 0 Å². The molecule has 12 N–H and O–H groups in total. The molecule has 3 aliphatic rings. The molecule has 3 saturated heterocycles. The number of amides is 3. The van der Waals surface area contributed by atoms with Crippen molar-refractivity contribution in [3.05, 3.63) is 0 Å². The van der Waals surface area contributed by atoms with Crippen LogP contribution >= 0.6 is 0 Å². The van der Waals surface area contributed by atoms with Gasteiger partial charge in [0.05, 0.1) is 77.8 Å². The second-order valence-corrected chi connectivity index (χ2v) is 24.7. The van der Waals surface area contributed by atoms with E-state index < -0.39 is 117 Å². The summed E-state index contributed by atoms with van der Waals surface area (Å²) in [6.45, 7) is 10.4. The molecule has 3 heterocycles. The SMILES string of the molecule is C.C.C.CC(C)CC(COCCC(=O)CCCNC(=O)CCCCO[C@@H]1OC(CO)[C@H](O)C(O)[C@@H]1C)(COCCC(=O)CCCNC(=O)CCCCO[C@@H]1OC(CO)[C@H](O)C(O)[C@@H]1C)COCCC(=O)CCCNC(=O)CCCCO[C@@H]1OC(CO)[C@H](O)C(O)[C@@H]1C. The van der Waals surface area contributed by atoms with Crippen molar-refractivity contribution in [1.82, 2.24) is 16.0 Å². The van der Waals surface area contributed by atoms with Crippen molar-refractivity contribution in [1.29, 1.82) is 0 Å². The lowest BCUT2D eigenvalue weighted by Gasteiger charge is -2.40. The zero-order valence-electron chi connectivity index (χ0n) is 53.4. The maximum atomic E-state index is 12.9. The van der Waals surface area contributed by atoms with Gasteiger partial charge >= 0.3 is 0 Å². The summed E-state index contributed by atoms with van der Waals surface area (Å²) < 4.78 is 52.3. The highest BCUT2D eigenvalue weighted by molar-refractivity contribution is 5.80. The Morgan fingerprint density at radius 2 is 0.663 bits per heavy atom. The van der Waals surface area contributed by atoms with Crippen molar-refractivity contribution in [2.45, 2.75) is 253 Å². The summed E-state index contributed by atoms with van der Waals surface area (Å²) >= 11 is 0. The number of rotatable bonds is 50. The number of aliphatic hydroxyl groups excluding tert-OH is 9. The molecular weight excluding hydrogens is 1210 g/mol. The van der Waals surface area contributed by atoms with Crippen LogP contribution in [-0.2, 0) is 71.4 Å². The minimum atomic E-state index is -1.21. The molecule has 0 aliphatic carbocycles. The van der Waals surface area contributed by atoms with E-state index in [1.54, 1.807) is 20.8 Å². The van der Waals surface area contributed by atoms with E-state index in [2.05, 4.69) is 16.0 Å². The fourth-order valence-corrected chi connectivity index (χ4v) is 10.8. The highest BCUT2D eigenvalue weighted by Crippen LogP contribution is 2.31. The Bertz CT molecular complexity index is 1780. The lowest BCUT2D eigenvalue weighted by atomic mass is 9.82. The summed E-state index contributed by atoms with van der Waals surface area (Å²) in [6, 6.07) is 0. The third-order valence-corrected chi connectivity index (χ3v) is 16.3. The van der Waals surface area contributed by atoms with Gasteiger partial charge < -0.3 is 105 Å². The first-order valence-electron chi connectivity index (χ1n) is 32.4. The van der Waals surface area contributed by atoms with Crippen molar-refractivity contribution >= 4 is 35.1 Å². The average Bonchev–Trinajstić information content (AvgIpc) is 0.858. The van der Waals surface area contributed by atoms with Gasteiger partial charge in [0.1, 0.15) is 54.0 Å². The first kappa shape index (κ1) is 88.7. The van der Waals surface area contributed by atoms with Gasteiger partial charge in [-0.1, -0.05) is 56.9 Å². The largest absolute Gasteiger partial charge is 0.394 e. The van der Waals surface area contributed by atoms with Crippen molar-refractivity contribution in [3.63, 3.8) is 0 Å². The second kappa shape index (κ2) is 50.1. The molecule has 15 atom stereocenters. The number of Topliss-reactive ketones (excluding diaryl/α,β-unsaturated/α-hetero) is 3. The summed E-state index contributed by atoms with van der Waals surface area (Å²) in [7, 11) is 0. The third kappa shape index (κ3) is 34.1. The summed E-state index contributed by atoms with van der Waals surface area (Å²) in [5.74, 6) is -1.96. The monoisotopic (exact) mass is 1330 g/mol. The summed E-state index contributed by atoms with van der Waals surface area (Å²) in [4.78, 5) is 76.1. The molecule has 542 valence electrons. The first-order chi connectivity index (χ1) is 42.6. The molecule has 92 heavy (non-hydrogen) atoms. The highest BCUT2D eigenvalue weighted by Gasteiger charge is 2.45. The zero-order valence-corrected chi connectivity index (χ0v) is 53.4. The quantitative estimate of drug-likeness (QED) is 0.0389. The van der Waals surface area contributed by atoms with Crippen LogP contribution in [-0.4, -0.2) is 254 Å². The summed E-state index contributed by atoms with van der Waals surface area (Å²) in [6.07, 6.45) is -5.19. The van der Waals surface area contributed by atoms with E-state index in [4.69, 9.17) is 42.6 Å². The molecule has 0 spiro atoms. The molecular formula is C65H123N3O24. The van der Waals surface area contributed by atoms with Gasteiger partial charge in [-0.25, -0.2) is 0 Å². The van der Waals surface area contributed by atoms with Crippen LogP contribution in [0.5, 0.6) is 0 Å². The predicted octanol–water partition coefficient (Wildman–Crippen LogP) is 2.33. The molecule has 3 fully saturated rings. The minimum absolute atomic E-state index is 0. The number of ether oxygens (including phenoxy) is 9. The van der Waals surface area contributed by atoms with Gasteiger partial charge in [-0.3, -0.25) is 28.8 Å². The molecule has 6 unspecified atom stereocenters. The Morgan fingerprint density at radius 1 is 0.391 bits per heavy atom. The number of aliphatic hydroxyl groups is 9. The van der Waals surface area contributed by atoms with E-state index in [0.717, 1.165) is 0 Å². The Kier molecular flexibility index (Phi) is 48.3. The molecule has 0 saturated carbocycles. The van der Waals surface area contributed by atoms with Gasteiger partial charge in [0, 0.05) is 120 Å². The van der Waals surface area contributed by atoms with Gasteiger partial charge in [0.15, 0.2) is 18.9 Å². The standard InChI is InChI=1S/C62H111N3O24.3CH4/c1-40(2)33-62(37-81-30-21-44(69)15-12-24-63-50(72)18-6-9-27-84-59-41(3)53(75)56(78)47(34-66)87-59,38-82-31-22-45(70)16-13-25-64-51(73)19-7-10-28-85-60-42(4)54(76)57(79)48(35-67)88-60)39-83-32-23-46(71)17-14-26-65-52(74)20-8-11-29-86-61-43(5)55(77)58(80)49(36-68)89-61;;;/h40-43,47-49,53-61,66-68,75-80H,6-39H2,1-5H3,(H,63,72)(H,64,73)(H,65,74);3*1H4/t41-,42-,43-,47?,48?,49?,53?,54?,55?,56-,57-,58-,59+,60+,61+,62?;;;/m0.../s1. The van der Waals surface area contributed by atoms with Crippen LogP contribution in [0.4, 0.5) is 0 Å².